The maximum absolute atomic E-state index is 8.44. The first-order chi connectivity index (χ1) is 3.46. The smallest absolute Gasteiger partial charge is 0.565 e. The van der Waals surface area contributed by atoms with Gasteiger partial charge >= 0.3 is 45.0 Å². The SMILES string of the molecule is O=C([O-])O.O=C([O-])O.[Ra+2]. The van der Waals surface area contributed by atoms with Crippen LogP contribution in [0.25, 0.3) is 0 Å². The van der Waals surface area contributed by atoms with Gasteiger partial charge < -0.3 is 30.0 Å². The molecule has 0 heterocycles. The molecule has 0 saturated heterocycles. The van der Waals surface area contributed by atoms with Gasteiger partial charge in [-0.05, 0) is 0 Å². The molecular weight excluding hydrogens is 346 g/mol. The average molecular weight is 348 g/mol. The minimum absolute atomic E-state index is 0. The van der Waals surface area contributed by atoms with Gasteiger partial charge in [0.25, 0.3) is 0 Å². The van der Waals surface area contributed by atoms with Crippen LogP contribution in [0, 0.1) is 45.0 Å². The molecule has 0 aromatic carbocycles. The van der Waals surface area contributed by atoms with E-state index in [4.69, 9.17) is 30.0 Å². The molecule has 7 heteroatoms. The average Bonchev–Trinajstić information content (AvgIpc) is 1.25. The molecule has 0 aromatic heterocycles. The van der Waals surface area contributed by atoms with Crippen molar-refractivity contribution in [2.24, 2.45) is 0 Å². The van der Waals surface area contributed by atoms with Crippen molar-refractivity contribution >= 4 is 12.3 Å². The Morgan fingerprint density at radius 3 is 1.00 bits per heavy atom. The van der Waals surface area contributed by atoms with E-state index in [1.165, 1.54) is 0 Å². The Hall–Kier alpha value is 0.00753. The van der Waals surface area contributed by atoms with Crippen LogP contribution in [0.5, 0.6) is 0 Å². The summed E-state index contributed by atoms with van der Waals surface area (Å²) in [4.78, 5) is 16.9. The molecule has 0 unspecified atom stereocenters. The van der Waals surface area contributed by atoms with Gasteiger partial charge in [0.15, 0.2) is 0 Å². The molecule has 6 nitrogen and oxygen atoms in total. The third kappa shape index (κ3) is 5090000. The Balaban J connectivity index is -0.0000000720. The summed E-state index contributed by atoms with van der Waals surface area (Å²) >= 11 is 0. The molecule has 0 amide bonds. The van der Waals surface area contributed by atoms with E-state index in [0.717, 1.165) is 0 Å². The summed E-state index contributed by atoms with van der Waals surface area (Å²) in [6.07, 6.45) is -4.17. The summed E-state index contributed by atoms with van der Waals surface area (Å²) in [6, 6.07) is 0. The first-order valence-electron chi connectivity index (χ1n) is 1.26. The third-order valence-corrected chi connectivity index (χ3v) is 0. The molecule has 0 radical (unpaired) electrons. The van der Waals surface area contributed by atoms with E-state index in [0.29, 0.717) is 0 Å². The van der Waals surface area contributed by atoms with Crippen LogP contribution in [-0.2, 0) is 0 Å². The molecule has 0 aliphatic heterocycles. The molecular formula is C2H2O6Ra. The number of carboxylic acid groups (broad SMARTS) is 4. The zero-order chi connectivity index (χ0) is 7.15. The molecule has 0 rings (SSSR count). The number of carbonyl (C=O) groups is 2. The third-order valence-electron chi connectivity index (χ3n) is 0. The van der Waals surface area contributed by atoms with E-state index in [1.807, 2.05) is 0 Å². The van der Waals surface area contributed by atoms with Crippen LogP contribution >= 0.6 is 0 Å². The van der Waals surface area contributed by atoms with Crippen molar-refractivity contribution in [3.8, 4) is 0 Å². The van der Waals surface area contributed by atoms with Gasteiger partial charge in [-0.3, -0.25) is 0 Å². The molecule has 0 spiro atoms. The molecule has 0 aliphatic carbocycles. The Morgan fingerprint density at radius 2 is 1.00 bits per heavy atom. The maximum Gasteiger partial charge on any atom is 2.00 e. The van der Waals surface area contributed by atoms with E-state index in [2.05, 4.69) is 0 Å². The Kier molecular flexibility index (Phi) is 19.4. The number of hydrogen-bond donors (Lipinski definition) is 2. The quantitative estimate of drug-likeness (QED) is 0.512. The van der Waals surface area contributed by atoms with E-state index >= 15 is 0 Å². The van der Waals surface area contributed by atoms with Gasteiger partial charge in [0.05, 0.1) is 0 Å². The molecule has 2 N–H and O–H groups in total. The first kappa shape index (κ1) is 16.0. The fourth-order valence-corrected chi connectivity index (χ4v) is 0. The van der Waals surface area contributed by atoms with Gasteiger partial charge in [-0.1, -0.05) is 0 Å². The predicted molar refractivity (Wildman–Crippen MR) is 16.0 cm³/mol. The molecule has 0 saturated carbocycles. The van der Waals surface area contributed by atoms with Crippen LogP contribution in [-0.4, -0.2) is 22.5 Å². The minimum atomic E-state index is -2.08. The van der Waals surface area contributed by atoms with Crippen molar-refractivity contribution < 1.29 is 75.0 Å². The molecule has 9 heavy (non-hydrogen) atoms. The second-order valence-corrected chi connectivity index (χ2v) is 0.532. The molecule has 0 atom stereocenters. The van der Waals surface area contributed by atoms with Crippen molar-refractivity contribution in [3.05, 3.63) is 0 Å². The van der Waals surface area contributed by atoms with Gasteiger partial charge in [-0.2, -0.15) is 0 Å². The summed E-state index contributed by atoms with van der Waals surface area (Å²) in [7, 11) is 0. The number of hydrogen-bond acceptors (Lipinski definition) is 4. The molecule has 0 aliphatic rings. The van der Waals surface area contributed by atoms with Crippen molar-refractivity contribution in [1.29, 1.82) is 0 Å². The standard InChI is InChI=1S/2CH2O3.Ra/c2*2-1(3)4;/h2*(H2,2,3,4);/q;;+2/p-2. The Labute approximate surface area is 86.6 Å². The van der Waals surface area contributed by atoms with E-state index < -0.39 is 12.3 Å². The maximum atomic E-state index is 8.44. The zero-order valence-corrected chi connectivity index (χ0v) is 10.0. The minimum Gasteiger partial charge on any atom is -0.565 e. The Morgan fingerprint density at radius 1 is 1.00 bits per heavy atom. The second-order valence-electron chi connectivity index (χ2n) is 0.532. The molecule has 0 bridgehead atoms. The topological polar surface area (TPSA) is 121 Å². The van der Waals surface area contributed by atoms with Crippen molar-refractivity contribution in [1.82, 2.24) is 0 Å². The Bertz CT molecular complexity index is 69.1. The van der Waals surface area contributed by atoms with E-state index in [1.54, 1.807) is 0 Å². The molecule has 0 fully saturated rings. The summed E-state index contributed by atoms with van der Waals surface area (Å²) < 4.78 is 0. The van der Waals surface area contributed by atoms with Crippen LogP contribution in [0.4, 0.5) is 9.59 Å². The summed E-state index contributed by atoms with van der Waals surface area (Å²) in [6.45, 7) is 0. The van der Waals surface area contributed by atoms with Crippen LogP contribution in [0.3, 0.4) is 0 Å². The largest absolute Gasteiger partial charge is 2.00 e. The predicted octanol–water partition coefficient (Wildman–Crippen LogP) is -2.22. The van der Waals surface area contributed by atoms with Crippen LogP contribution in [0.1, 0.15) is 0 Å². The van der Waals surface area contributed by atoms with Crippen LogP contribution in [0.15, 0.2) is 0 Å². The summed E-state index contributed by atoms with van der Waals surface area (Å²) in [5.41, 5.74) is 0. The summed E-state index contributed by atoms with van der Waals surface area (Å²) in [5.74, 6) is 0. The van der Waals surface area contributed by atoms with Crippen molar-refractivity contribution in [2.45, 2.75) is 0 Å². The van der Waals surface area contributed by atoms with E-state index in [9.17, 15) is 0 Å². The van der Waals surface area contributed by atoms with Gasteiger partial charge in [-0.25, -0.2) is 0 Å². The van der Waals surface area contributed by atoms with Gasteiger partial charge in [0.1, 0.15) is 0 Å². The molecule has 0 aromatic rings. The van der Waals surface area contributed by atoms with Crippen molar-refractivity contribution in [3.63, 3.8) is 0 Å². The van der Waals surface area contributed by atoms with Crippen LogP contribution in [0.2, 0.25) is 0 Å². The first-order valence-corrected chi connectivity index (χ1v) is 1.26. The summed E-state index contributed by atoms with van der Waals surface area (Å²) in [5, 5.41) is 30.6. The van der Waals surface area contributed by atoms with Crippen LogP contribution < -0.4 is 10.2 Å². The molecule has 48 valence electrons. The fraction of sp³-hybridized carbons (Fsp3) is 0. The normalized spacial score (nSPS) is 5.33. The van der Waals surface area contributed by atoms with Gasteiger partial charge in [0.2, 0.25) is 12.3 Å². The van der Waals surface area contributed by atoms with Crippen molar-refractivity contribution in [2.75, 3.05) is 0 Å². The van der Waals surface area contributed by atoms with E-state index in [-0.39, 0.29) is 45.0 Å². The van der Waals surface area contributed by atoms with Gasteiger partial charge in [0, 0.05) is 0 Å². The zero-order valence-electron chi connectivity index (χ0n) is 4.23. The second kappa shape index (κ2) is 10.9. The monoisotopic (exact) mass is 348 g/mol. The van der Waals surface area contributed by atoms with Gasteiger partial charge in [-0.15, -0.1) is 0 Å². The fourth-order valence-electron chi connectivity index (χ4n) is 0. The number of rotatable bonds is 0.